The number of nitrogens with one attached hydrogen (secondary N) is 1. The Labute approximate surface area is 116 Å². The molecule has 19 heavy (non-hydrogen) atoms. The molecule has 1 amide bonds. The van der Waals surface area contributed by atoms with Crippen LogP contribution in [-0.2, 0) is 9.59 Å². The molecule has 1 aromatic carbocycles. The summed E-state index contributed by atoms with van der Waals surface area (Å²) in [7, 11) is 0. The summed E-state index contributed by atoms with van der Waals surface area (Å²) in [6, 6.07) is 7.03. The van der Waals surface area contributed by atoms with Gasteiger partial charge in [-0.2, -0.15) is 0 Å². The number of carboxylic acids is 1. The minimum Gasteiger partial charge on any atom is -0.481 e. The van der Waals surface area contributed by atoms with Crippen LogP contribution in [0.2, 0.25) is 5.02 Å². The summed E-state index contributed by atoms with van der Waals surface area (Å²) >= 11 is 5.98. The molecular weight excluding hydrogens is 266 g/mol. The van der Waals surface area contributed by atoms with Gasteiger partial charge in [-0.3, -0.25) is 9.59 Å². The van der Waals surface area contributed by atoms with E-state index in [-0.39, 0.29) is 11.8 Å². The molecule has 0 heterocycles. The van der Waals surface area contributed by atoms with E-state index in [2.05, 4.69) is 5.32 Å². The lowest BCUT2D eigenvalue weighted by atomic mass is 9.81. The molecule has 2 rings (SSSR count). The number of rotatable bonds is 3. The van der Waals surface area contributed by atoms with Crippen molar-refractivity contribution in [3.63, 3.8) is 0 Å². The molecule has 2 N–H and O–H groups in total. The molecule has 1 aromatic rings. The number of amides is 1. The third-order valence-corrected chi connectivity index (χ3v) is 3.86. The largest absolute Gasteiger partial charge is 0.481 e. The van der Waals surface area contributed by atoms with E-state index in [4.69, 9.17) is 16.7 Å². The molecule has 5 heteroatoms. The van der Waals surface area contributed by atoms with Gasteiger partial charge in [-0.1, -0.05) is 30.2 Å². The lowest BCUT2D eigenvalue weighted by molar-refractivity contribution is -0.143. The zero-order chi connectivity index (χ0) is 13.8. The van der Waals surface area contributed by atoms with Crippen molar-refractivity contribution in [1.82, 2.24) is 0 Å². The molecule has 1 fully saturated rings. The fourth-order valence-corrected chi connectivity index (χ4v) is 2.63. The molecule has 0 bridgehead atoms. The summed E-state index contributed by atoms with van der Waals surface area (Å²) in [6.45, 7) is 0. The first-order chi connectivity index (χ1) is 9.08. The second-order valence-electron chi connectivity index (χ2n) is 4.87. The van der Waals surface area contributed by atoms with Gasteiger partial charge in [0.05, 0.1) is 16.6 Å². The van der Waals surface area contributed by atoms with Crippen LogP contribution in [0.5, 0.6) is 0 Å². The third kappa shape index (κ3) is 3.47. The van der Waals surface area contributed by atoms with Crippen LogP contribution in [0, 0.1) is 11.8 Å². The van der Waals surface area contributed by atoms with E-state index in [1.807, 2.05) is 0 Å². The zero-order valence-corrected chi connectivity index (χ0v) is 11.2. The van der Waals surface area contributed by atoms with Crippen molar-refractivity contribution in [3.8, 4) is 0 Å². The predicted molar refractivity (Wildman–Crippen MR) is 73.2 cm³/mol. The van der Waals surface area contributed by atoms with Gasteiger partial charge in [-0.05, 0) is 31.4 Å². The minimum atomic E-state index is -0.810. The second kappa shape index (κ2) is 6.06. The summed E-state index contributed by atoms with van der Waals surface area (Å²) < 4.78 is 0. The van der Waals surface area contributed by atoms with E-state index in [0.29, 0.717) is 23.6 Å². The topological polar surface area (TPSA) is 66.4 Å². The van der Waals surface area contributed by atoms with Gasteiger partial charge in [-0.15, -0.1) is 0 Å². The average Bonchev–Trinajstić information content (AvgIpc) is 2.41. The van der Waals surface area contributed by atoms with Crippen molar-refractivity contribution < 1.29 is 14.7 Å². The molecule has 1 saturated carbocycles. The Kier molecular flexibility index (Phi) is 4.43. The molecule has 1 aliphatic rings. The highest BCUT2D eigenvalue weighted by Gasteiger charge is 2.31. The molecule has 2 atom stereocenters. The van der Waals surface area contributed by atoms with E-state index in [0.717, 1.165) is 12.8 Å². The lowest BCUT2D eigenvalue weighted by Gasteiger charge is -2.25. The number of para-hydroxylation sites is 1. The van der Waals surface area contributed by atoms with Gasteiger partial charge in [-0.25, -0.2) is 0 Å². The molecule has 0 saturated heterocycles. The Hall–Kier alpha value is -1.55. The molecule has 0 aromatic heterocycles. The van der Waals surface area contributed by atoms with E-state index in [9.17, 15) is 9.59 Å². The van der Waals surface area contributed by atoms with Crippen LogP contribution >= 0.6 is 11.6 Å². The summed E-state index contributed by atoms with van der Waals surface area (Å²) in [4.78, 5) is 23.1. The van der Waals surface area contributed by atoms with Crippen LogP contribution < -0.4 is 5.32 Å². The summed E-state index contributed by atoms with van der Waals surface area (Å²) in [5.41, 5.74) is 0.576. The Bertz CT molecular complexity index is 489. The highest BCUT2D eigenvalue weighted by molar-refractivity contribution is 6.33. The Balaban J connectivity index is 2.00. The molecule has 4 nitrogen and oxygen atoms in total. The normalized spacial score (nSPS) is 22.8. The van der Waals surface area contributed by atoms with Gasteiger partial charge >= 0.3 is 5.97 Å². The predicted octanol–water partition coefficient (Wildman–Crippen LogP) is 3.17. The monoisotopic (exact) mass is 281 g/mol. The van der Waals surface area contributed by atoms with E-state index in [1.165, 1.54) is 0 Å². The SMILES string of the molecule is O=C(O)C1CCCC(C(=O)Nc2ccccc2Cl)C1. The van der Waals surface area contributed by atoms with Gasteiger partial charge in [0.15, 0.2) is 0 Å². The number of hydrogen-bond donors (Lipinski definition) is 2. The molecule has 0 aliphatic heterocycles. The average molecular weight is 282 g/mol. The fraction of sp³-hybridized carbons (Fsp3) is 0.429. The Morgan fingerprint density at radius 1 is 1.21 bits per heavy atom. The fourth-order valence-electron chi connectivity index (χ4n) is 2.45. The van der Waals surface area contributed by atoms with Gasteiger partial charge in [0.25, 0.3) is 0 Å². The second-order valence-corrected chi connectivity index (χ2v) is 5.27. The number of carbonyl (C=O) groups is 2. The summed E-state index contributed by atoms with van der Waals surface area (Å²) in [5, 5.41) is 12.3. The van der Waals surface area contributed by atoms with Crippen molar-refractivity contribution in [2.24, 2.45) is 11.8 Å². The number of carbonyl (C=O) groups excluding carboxylic acids is 1. The molecule has 0 spiro atoms. The standard InChI is InChI=1S/C14H16ClNO3/c15-11-6-1-2-7-12(11)16-13(17)9-4-3-5-10(8-9)14(18)19/h1-2,6-7,9-10H,3-5,8H2,(H,16,17)(H,18,19). The van der Waals surface area contributed by atoms with Gasteiger partial charge in [0, 0.05) is 5.92 Å². The van der Waals surface area contributed by atoms with Crippen LogP contribution in [0.25, 0.3) is 0 Å². The first-order valence-corrected chi connectivity index (χ1v) is 6.74. The van der Waals surface area contributed by atoms with Crippen LogP contribution in [0.15, 0.2) is 24.3 Å². The molecular formula is C14H16ClNO3. The smallest absolute Gasteiger partial charge is 0.306 e. The van der Waals surface area contributed by atoms with Crippen molar-refractivity contribution >= 4 is 29.2 Å². The maximum atomic E-state index is 12.1. The highest BCUT2D eigenvalue weighted by atomic mass is 35.5. The lowest BCUT2D eigenvalue weighted by Crippen LogP contribution is -2.31. The van der Waals surface area contributed by atoms with Crippen LogP contribution in [0.1, 0.15) is 25.7 Å². The maximum absolute atomic E-state index is 12.1. The maximum Gasteiger partial charge on any atom is 0.306 e. The molecule has 2 unspecified atom stereocenters. The number of aliphatic carboxylic acids is 1. The number of carboxylic acid groups (broad SMARTS) is 1. The zero-order valence-electron chi connectivity index (χ0n) is 10.4. The third-order valence-electron chi connectivity index (χ3n) is 3.53. The van der Waals surface area contributed by atoms with Crippen LogP contribution in [-0.4, -0.2) is 17.0 Å². The highest BCUT2D eigenvalue weighted by Crippen LogP contribution is 2.31. The Morgan fingerprint density at radius 2 is 1.89 bits per heavy atom. The van der Waals surface area contributed by atoms with Crippen molar-refractivity contribution in [2.45, 2.75) is 25.7 Å². The van der Waals surface area contributed by atoms with Crippen molar-refractivity contribution in [2.75, 3.05) is 5.32 Å². The van der Waals surface area contributed by atoms with Crippen molar-refractivity contribution in [3.05, 3.63) is 29.3 Å². The number of anilines is 1. The van der Waals surface area contributed by atoms with Crippen molar-refractivity contribution in [1.29, 1.82) is 0 Å². The van der Waals surface area contributed by atoms with Gasteiger partial charge in [0.2, 0.25) is 5.91 Å². The minimum absolute atomic E-state index is 0.140. The van der Waals surface area contributed by atoms with Gasteiger partial charge < -0.3 is 10.4 Å². The van der Waals surface area contributed by atoms with E-state index in [1.54, 1.807) is 24.3 Å². The van der Waals surface area contributed by atoms with Gasteiger partial charge in [0.1, 0.15) is 0 Å². The van der Waals surface area contributed by atoms with E-state index < -0.39 is 11.9 Å². The van der Waals surface area contributed by atoms with E-state index >= 15 is 0 Å². The number of halogens is 1. The van der Waals surface area contributed by atoms with Crippen LogP contribution in [0.3, 0.4) is 0 Å². The first-order valence-electron chi connectivity index (χ1n) is 6.36. The van der Waals surface area contributed by atoms with Crippen LogP contribution in [0.4, 0.5) is 5.69 Å². The summed E-state index contributed by atoms with van der Waals surface area (Å²) in [5.74, 6) is -1.60. The number of benzene rings is 1. The number of hydrogen-bond acceptors (Lipinski definition) is 2. The Morgan fingerprint density at radius 3 is 2.58 bits per heavy atom. The molecule has 102 valence electrons. The molecule has 1 aliphatic carbocycles. The quantitative estimate of drug-likeness (QED) is 0.894. The first kappa shape index (κ1) is 13.9. The molecule has 0 radical (unpaired) electrons. The summed E-state index contributed by atoms with van der Waals surface area (Å²) in [6.07, 6.45) is 2.58.